The van der Waals surface area contributed by atoms with Crippen LogP contribution in [-0.4, -0.2) is 0 Å². The van der Waals surface area contributed by atoms with Crippen molar-refractivity contribution in [1.82, 2.24) is 0 Å². The van der Waals surface area contributed by atoms with E-state index in [0.717, 1.165) is 18.3 Å². The number of fused-ring (bicyclic) bond motifs is 1. The van der Waals surface area contributed by atoms with Crippen molar-refractivity contribution in [1.29, 1.82) is 0 Å². The van der Waals surface area contributed by atoms with Gasteiger partial charge in [0.05, 0.1) is 0 Å². The van der Waals surface area contributed by atoms with E-state index in [2.05, 4.69) is 25.8 Å². The van der Waals surface area contributed by atoms with Crippen molar-refractivity contribution >= 4 is 0 Å². The molecule has 2 saturated carbocycles. The largest absolute Gasteiger partial charge is 0.120 e. The Kier molecular flexibility index (Phi) is 2.44. The van der Waals surface area contributed by atoms with Gasteiger partial charge >= 0.3 is 0 Å². The summed E-state index contributed by atoms with van der Waals surface area (Å²) in [5.74, 6) is 4.74. The minimum atomic E-state index is 0.440. The van der Waals surface area contributed by atoms with E-state index < -0.39 is 0 Å². The fourth-order valence-corrected chi connectivity index (χ4v) is 4.82. The Morgan fingerprint density at radius 2 is 2.18 bits per heavy atom. The van der Waals surface area contributed by atoms with E-state index in [9.17, 15) is 0 Å². The Morgan fingerprint density at radius 3 is 2.82 bits per heavy atom. The van der Waals surface area contributed by atoms with Gasteiger partial charge in [0.1, 0.15) is 0 Å². The van der Waals surface area contributed by atoms with Crippen molar-refractivity contribution in [2.24, 2.45) is 22.7 Å². The molecule has 0 aromatic carbocycles. The van der Waals surface area contributed by atoms with E-state index >= 15 is 0 Å². The predicted octanol–water partition coefficient (Wildman–Crippen LogP) is 4.56. The fraction of sp³-hybridized carbons (Fsp3) is 0.765. The molecule has 0 bridgehead atoms. The maximum Gasteiger partial charge on any atom is 0.0180 e. The Balaban J connectivity index is 1.90. The molecule has 0 nitrogen and oxygen atoms in total. The number of allylic oxidation sites excluding steroid dienone is 2. The van der Waals surface area contributed by atoms with Crippen molar-refractivity contribution in [2.75, 3.05) is 0 Å². The molecule has 3 rings (SSSR count). The lowest BCUT2D eigenvalue weighted by atomic mass is 9.60. The molecule has 0 heterocycles. The van der Waals surface area contributed by atoms with Gasteiger partial charge in [-0.25, -0.2) is 0 Å². The van der Waals surface area contributed by atoms with Crippen LogP contribution in [0, 0.1) is 35.0 Å². The van der Waals surface area contributed by atoms with Gasteiger partial charge in [-0.05, 0) is 42.9 Å². The second-order valence-corrected chi connectivity index (χ2v) is 6.91. The van der Waals surface area contributed by atoms with Crippen molar-refractivity contribution in [3.63, 3.8) is 0 Å². The molecule has 0 aromatic rings. The normalized spacial score (nSPS) is 42.5. The third-order valence-corrected chi connectivity index (χ3v) is 5.92. The Hall–Kier alpha value is -0.700. The number of rotatable bonds is 2. The molecule has 3 atom stereocenters. The van der Waals surface area contributed by atoms with Gasteiger partial charge in [-0.15, -0.1) is 12.3 Å². The Labute approximate surface area is 106 Å². The van der Waals surface area contributed by atoms with E-state index in [4.69, 9.17) is 6.42 Å². The Bertz CT molecular complexity index is 391. The number of hydrogen-bond donors (Lipinski definition) is 0. The van der Waals surface area contributed by atoms with Crippen molar-refractivity contribution < 1.29 is 0 Å². The summed E-state index contributed by atoms with van der Waals surface area (Å²) in [4.78, 5) is 0. The van der Waals surface area contributed by atoms with Crippen molar-refractivity contribution in [3.8, 4) is 12.3 Å². The lowest BCUT2D eigenvalue weighted by Gasteiger charge is -2.45. The SMILES string of the molecule is C#CCC1(C2=CCC3C(C)CCCC23C)CC1. The van der Waals surface area contributed by atoms with Gasteiger partial charge in [-0.3, -0.25) is 0 Å². The summed E-state index contributed by atoms with van der Waals surface area (Å²) < 4.78 is 0. The van der Waals surface area contributed by atoms with Gasteiger partial charge in [0, 0.05) is 11.8 Å². The third-order valence-electron chi connectivity index (χ3n) is 5.92. The first-order valence-electron chi connectivity index (χ1n) is 7.27. The zero-order valence-corrected chi connectivity index (χ0v) is 11.3. The zero-order chi connectivity index (χ0) is 12.1. The topological polar surface area (TPSA) is 0 Å². The van der Waals surface area contributed by atoms with Crippen LogP contribution in [0.4, 0.5) is 0 Å². The Morgan fingerprint density at radius 1 is 1.41 bits per heavy atom. The molecule has 0 saturated heterocycles. The highest BCUT2D eigenvalue weighted by atomic mass is 14.6. The predicted molar refractivity (Wildman–Crippen MR) is 72.4 cm³/mol. The molecule has 0 heteroatoms. The molecule has 0 radical (unpaired) electrons. The highest BCUT2D eigenvalue weighted by Gasteiger charge is 2.56. The minimum Gasteiger partial charge on any atom is -0.120 e. The number of terminal acetylenes is 1. The highest BCUT2D eigenvalue weighted by molar-refractivity contribution is 5.35. The van der Waals surface area contributed by atoms with E-state index in [1.807, 2.05) is 0 Å². The summed E-state index contributed by atoms with van der Waals surface area (Å²) >= 11 is 0. The fourth-order valence-electron chi connectivity index (χ4n) is 4.82. The first-order chi connectivity index (χ1) is 8.12. The smallest absolute Gasteiger partial charge is 0.0180 e. The quantitative estimate of drug-likeness (QED) is 0.480. The van der Waals surface area contributed by atoms with Crippen LogP contribution in [-0.2, 0) is 0 Å². The maximum atomic E-state index is 5.58. The van der Waals surface area contributed by atoms with Crippen LogP contribution >= 0.6 is 0 Å². The second kappa shape index (κ2) is 3.64. The monoisotopic (exact) mass is 228 g/mol. The molecule has 3 unspecified atom stereocenters. The first kappa shape index (κ1) is 11.4. The van der Waals surface area contributed by atoms with E-state index in [0.29, 0.717) is 10.8 Å². The van der Waals surface area contributed by atoms with E-state index in [1.54, 1.807) is 5.57 Å². The van der Waals surface area contributed by atoms with Gasteiger partial charge in [0.2, 0.25) is 0 Å². The molecule has 2 fully saturated rings. The summed E-state index contributed by atoms with van der Waals surface area (Å²) in [6.45, 7) is 4.99. The van der Waals surface area contributed by atoms with Gasteiger partial charge in [-0.2, -0.15) is 0 Å². The van der Waals surface area contributed by atoms with Crippen molar-refractivity contribution in [2.45, 2.75) is 58.8 Å². The molecule has 17 heavy (non-hydrogen) atoms. The molecular weight excluding hydrogens is 204 g/mol. The van der Waals surface area contributed by atoms with Crippen LogP contribution in [0.3, 0.4) is 0 Å². The summed E-state index contributed by atoms with van der Waals surface area (Å²) in [5.41, 5.74) is 2.69. The molecule has 0 amide bonds. The van der Waals surface area contributed by atoms with E-state index in [-0.39, 0.29) is 0 Å². The summed E-state index contributed by atoms with van der Waals surface area (Å²) in [5, 5.41) is 0. The molecule has 92 valence electrons. The summed E-state index contributed by atoms with van der Waals surface area (Å²) in [6, 6.07) is 0. The summed E-state index contributed by atoms with van der Waals surface area (Å²) in [6.07, 6.45) is 17.4. The molecule has 0 spiro atoms. The minimum absolute atomic E-state index is 0.440. The lowest BCUT2D eigenvalue weighted by molar-refractivity contribution is 0.108. The highest BCUT2D eigenvalue weighted by Crippen LogP contribution is 2.67. The average molecular weight is 228 g/mol. The second-order valence-electron chi connectivity index (χ2n) is 6.91. The third kappa shape index (κ3) is 1.51. The lowest BCUT2D eigenvalue weighted by Crippen LogP contribution is -2.36. The first-order valence-corrected chi connectivity index (χ1v) is 7.27. The van der Waals surface area contributed by atoms with Crippen LogP contribution in [0.2, 0.25) is 0 Å². The van der Waals surface area contributed by atoms with Gasteiger partial charge in [-0.1, -0.05) is 38.3 Å². The van der Waals surface area contributed by atoms with Crippen LogP contribution in [0.1, 0.15) is 58.8 Å². The molecule has 0 aliphatic heterocycles. The molecular formula is C17H24. The van der Waals surface area contributed by atoms with Crippen LogP contribution in [0.5, 0.6) is 0 Å². The molecule has 0 N–H and O–H groups in total. The molecule has 0 aromatic heterocycles. The van der Waals surface area contributed by atoms with E-state index in [1.165, 1.54) is 38.5 Å². The van der Waals surface area contributed by atoms with Crippen molar-refractivity contribution in [3.05, 3.63) is 11.6 Å². The number of hydrogen-bond acceptors (Lipinski definition) is 0. The van der Waals surface area contributed by atoms with Gasteiger partial charge < -0.3 is 0 Å². The standard InChI is InChI=1S/C17H24/c1-4-9-17(11-12-17)15-8-7-14-13(2)6-5-10-16(14,15)3/h1,8,13-14H,5-7,9-12H2,2-3H3. The van der Waals surface area contributed by atoms with Gasteiger partial charge in [0.15, 0.2) is 0 Å². The average Bonchev–Trinajstić information content (AvgIpc) is 2.95. The zero-order valence-electron chi connectivity index (χ0n) is 11.3. The van der Waals surface area contributed by atoms with Crippen LogP contribution < -0.4 is 0 Å². The van der Waals surface area contributed by atoms with Crippen LogP contribution in [0.15, 0.2) is 11.6 Å². The maximum absolute atomic E-state index is 5.58. The summed E-state index contributed by atoms with van der Waals surface area (Å²) in [7, 11) is 0. The molecule has 3 aliphatic rings. The molecule has 3 aliphatic carbocycles. The van der Waals surface area contributed by atoms with Gasteiger partial charge in [0.25, 0.3) is 0 Å². The van der Waals surface area contributed by atoms with Crippen LogP contribution in [0.25, 0.3) is 0 Å².